The molecular formula is C11H16N2O2S. The van der Waals surface area contributed by atoms with E-state index in [0.29, 0.717) is 13.2 Å². The minimum atomic E-state index is 0.139. The van der Waals surface area contributed by atoms with Crippen LogP contribution in [0.25, 0.3) is 0 Å². The second-order valence-electron chi connectivity index (χ2n) is 3.37. The standard InChI is InChI=1S/C11H16N2O2S/c1-15-7-5-13(4-6-14)9-11-3-2-10(8-12)16-11/h2-3,14H,4-7,9H2,1H3. The molecule has 0 unspecified atom stereocenters. The number of nitrogens with zero attached hydrogens (tertiary/aromatic N) is 2. The van der Waals surface area contributed by atoms with Crippen LogP contribution in [-0.2, 0) is 11.3 Å². The van der Waals surface area contributed by atoms with E-state index in [1.165, 1.54) is 11.3 Å². The molecule has 0 aliphatic rings. The van der Waals surface area contributed by atoms with Crippen molar-refractivity contribution in [2.75, 3.05) is 33.4 Å². The first-order valence-corrected chi connectivity index (χ1v) is 5.92. The van der Waals surface area contributed by atoms with E-state index in [-0.39, 0.29) is 6.61 Å². The first kappa shape index (κ1) is 13.1. The number of nitriles is 1. The molecule has 0 fully saturated rings. The third kappa shape index (κ3) is 4.29. The minimum absolute atomic E-state index is 0.139. The van der Waals surface area contributed by atoms with Gasteiger partial charge in [0.1, 0.15) is 10.9 Å². The molecule has 0 saturated carbocycles. The van der Waals surface area contributed by atoms with Crippen LogP contribution in [0.3, 0.4) is 0 Å². The van der Waals surface area contributed by atoms with Crippen molar-refractivity contribution >= 4 is 11.3 Å². The summed E-state index contributed by atoms with van der Waals surface area (Å²) in [6, 6.07) is 5.91. The van der Waals surface area contributed by atoms with E-state index in [2.05, 4.69) is 11.0 Å². The Morgan fingerprint density at radius 2 is 2.31 bits per heavy atom. The lowest BCUT2D eigenvalue weighted by Crippen LogP contribution is -2.29. The molecule has 0 atom stereocenters. The SMILES string of the molecule is COCCN(CCO)Cc1ccc(C#N)s1. The molecule has 1 aromatic heterocycles. The highest BCUT2D eigenvalue weighted by molar-refractivity contribution is 7.12. The Morgan fingerprint density at radius 3 is 2.88 bits per heavy atom. The molecule has 0 aromatic carbocycles. The minimum Gasteiger partial charge on any atom is -0.395 e. The smallest absolute Gasteiger partial charge is 0.110 e. The Balaban J connectivity index is 2.50. The van der Waals surface area contributed by atoms with Crippen molar-refractivity contribution < 1.29 is 9.84 Å². The summed E-state index contributed by atoms with van der Waals surface area (Å²) in [6.07, 6.45) is 0. The first-order chi connectivity index (χ1) is 7.80. The lowest BCUT2D eigenvalue weighted by Gasteiger charge is -2.19. The number of hydrogen-bond donors (Lipinski definition) is 1. The average Bonchev–Trinajstić information content (AvgIpc) is 2.74. The van der Waals surface area contributed by atoms with Crippen LogP contribution in [0.1, 0.15) is 9.75 Å². The second-order valence-corrected chi connectivity index (χ2v) is 4.54. The zero-order chi connectivity index (χ0) is 11.8. The Hall–Kier alpha value is -0.930. The Labute approximate surface area is 99.7 Å². The van der Waals surface area contributed by atoms with Gasteiger partial charge in [-0.15, -0.1) is 11.3 Å². The fourth-order valence-corrected chi connectivity index (χ4v) is 2.22. The molecule has 5 heteroatoms. The van der Waals surface area contributed by atoms with E-state index in [0.717, 1.165) is 22.8 Å². The zero-order valence-corrected chi connectivity index (χ0v) is 10.2. The van der Waals surface area contributed by atoms with Crippen molar-refractivity contribution in [3.63, 3.8) is 0 Å². The topological polar surface area (TPSA) is 56.5 Å². The molecule has 1 heterocycles. The van der Waals surface area contributed by atoms with Crippen molar-refractivity contribution in [2.24, 2.45) is 0 Å². The maximum atomic E-state index is 8.93. The van der Waals surface area contributed by atoms with E-state index >= 15 is 0 Å². The second kappa shape index (κ2) is 7.36. The van der Waals surface area contributed by atoms with Gasteiger partial charge in [0.25, 0.3) is 0 Å². The molecule has 88 valence electrons. The van der Waals surface area contributed by atoms with E-state index in [1.54, 1.807) is 7.11 Å². The van der Waals surface area contributed by atoms with Crippen molar-refractivity contribution in [1.29, 1.82) is 5.26 Å². The molecule has 16 heavy (non-hydrogen) atoms. The van der Waals surface area contributed by atoms with Gasteiger partial charge in [0.05, 0.1) is 13.2 Å². The average molecular weight is 240 g/mol. The Morgan fingerprint density at radius 1 is 1.50 bits per heavy atom. The highest BCUT2D eigenvalue weighted by Crippen LogP contribution is 2.17. The van der Waals surface area contributed by atoms with Gasteiger partial charge in [-0.2, -0.15) is 5.26 Å². The number of aliphatic hydroxyl groups excluding tert-OH is 1. The van der Waals surface area contributed by atoms with Crippen LogP contribution in [0.5, 0.6) is 0 Å². The third-order valence-electron chi connectivity index (χ3n) is 2.18. The lowest BCUT2D eigenvalue weighted by atomic mass is 10.4. The normalized spacial score (nSPS) is 10.6. The van der Waals surface area contributed by atoms with Crippen molar-refractivity contribution in [3.05, 3.63) is 21.9 Å². The molecule has 0 saturated heterocycles. The number of hydrogen-bond acceptors (Lipinski definition) is 5. The molecular weight excluding hydrogens is 224 g/mol. The summed E-state index contributed by atoms with van der Waals surface area (Å²) in [7, 11) is 1.66. The lowest BCUT2D eigenvalue weighted by molar-refractivity contribution is 0.127. The number of rotatable bonds is 7. The van der Waals surface area contributed by atoms with Crippen LogP contribution in [0.15, 0.2) is 12.1 Å². The molecule has 4 nitrogen and oxygen atoms in total. The van der Waals surface area contributed by atoms with Crippen LogP contribution in [-0.4, -0.2) is 43.4 Å². The van der Waals surface area contributed by atoms with Crippen LogP contribution < -0.4 is 0 Å². The van der Waals surface area contributed by atoms with Gasteiger partial charge in [-0.05, 0) is 12.1 Å². The summed E-state index contributed by atoms with van der Waals surface area (Å²) in [4.78, 5) is 3.98. The Kier molecular flexibility index (Phi) is 6.04. The van der Waals surface area contributed by atoms with E-state index < -0.39 is 0 Å². The molecule has 1 rings (SSSR count). The number of thiophene rings is 1. The van der Waals surface area contributed by atoms with Gasteiger partial charge < -0.3 is 9.84 Å². The van der Waals surface area contributed by atoms with Crippen molar-refractivity contribution in [3.8, 4) is 6.07 Å². The molecule has 0 bridgehead atoms. The first-order valence-electron chi connectivity index (χ1n) is 5.11. The van der Waals surface area contributed by atoms with Gasteiger partial charge in [0, 0.05) is 31.6 Å². The van der Waals surface area contributed by atoms with Crippen LogP contribution in [0.4, 0.5) is 0 Å². The zero-order valence-electron chi connectivity index (χ0n) is 9.35. The summed E-state index contributed by atoms with van der Waals surface area (Å²) in [5, 5.41) is 17.7. The fourth-order valence-electron chi connectivity index (χ4n) is 1.38. The molecule has 0 aliphatic heterocycles. The molecule has 0 amide bonds. The summed E-state index contributed by atoms with van der Waals surface area (Å²) in [6.45, 7) is 2.97. The predicted molar refractivity (Wildman–Crippen MR) is 63.3 cm³/mol. The van der Waals surface area contributed by atoms with Gasteiger partial charge in [-0.25, -0.2) is 0 Å². The van der Waals surface area contributed by atoms with Gasteiger partial charge in [0.2, 0.25) is 0 Å². The maximum absolute atomic E-state index is 8.93. The summed E-state index contributed by atoms with van der Waals surface area (Å²) in [5.74, 6) is 0. The van der Waals surface area contributed by atoms with Gasteiger partial charge >= 0.3 is 0 Å². The van der Waals surface area contributed by atoms with Crippen LogP contribution in [0, 0.1) is 11.3 Å². The van der Waals surface area contributed by atoms with Crippen molar-refractivity contribution in [2.45, 2.75) is 6.54 Å². The van der Waals surface area contributed by atoms with Gasteiger partial charge in [0.15, 0.2) is 0 Å². The quantitative estimate of drug-likeness (QED) is 0.774. The summed E-state index contributed by atoms with van der Waals surface area (Å²) >= 11 is 1.50. The highest BCUT2D eigenvalue weighted by atomic mass is 32.1. The summed E-state index contributed by atoms with van der Waals surface area (Å²) in [5.41, 5.74) is 0. The molecule has 1 N–H and O–H groups in total. The molecule has 0 aliphatic carbocycles. The monoisotopic (exact) mass is 240 g/mol. The van der Waals surface area contributed by atoms with Crippen molar-refractivity contribution in [1.82, 2.24) is 4.90 Å². The number of aliphatic hydroxyl groups is 1. The Bertz CT molecular complexity index is 346. The number of ether oxygens (including phenoxy) is 1. The van der Waals surface area contributed by atoms with Crippen LogP contribution in [0.2, 0.25) is 0 Å². The largest absolute Gasteiger partial charge is 0.395 e. The van der Waals surface area contributed by atoms with Gasteiger partial charge in [-0.3, -0.25) is 4.90 Å². The molecule has 0 spiro atoms. The van der Waals surface area contributed by atoms with E-state index in [4.69, 9.17) is 15.1 Å². The predicted octanol–water partition coefficient (Wildman–Crippen LogP) is 1.06. The number of methoxy groups -OCH3 is 1. The van der Waals surface area contributed by atoms with E-state index in [1.807, 2.05) is 12.1 Å². The highest BCUT2D eigenvalue weighted by Gasteiger charge is 2.07. The fraction of sp³-hybridized carbons (Fsp3) is 0.545. The third-order valence-corrected chi connectivity index (χ3v) is 3.15. The maximum Gasteiger partial charge on any atom is 0.110 e. The summed E-state index contributed by atoms with van der Waals surface area (Å²) < 4.78 is 5.01. The van der Waals surface area contributed by atoms with Crippen LogP contribution >= 0.6 is 11.3 Å². The van der Waals surface area contributed by atoms with Gasteiger partial charge in [-0.1, -0.05) is 0 Å². The molecule has 1 aromatic rings. The van der Waals surface area contributed by atoms with E-state index in [9.17, 15) is 0 Å². The molecule has 0 radical (unpaired) electrons.